The van der Waals surface area contributed by atoms with Gasteiger partial charge in [-0.2, -0.15) is 4.31 Å². The fourth-order valence-corrected chi connectivity index (χ4v) is 5.40. The van der Waals surface area contributed by atoms with Gasteiger partial charge in [0.05, 0.1) is 18.0 Å². The van der Waals surface area contributed by atoms with Gasteiger partial charge in [-0.1, -0.05) is 19.9 Å². The van der Waals surface area contributed by atoms with Crippen LogP contribution in [0.5, 0.6) is 5.75 Å². The fourth-order valence-electron chi connectivity index (χ4n) is 3.54. The van der Waals surface area contributed by atoms with Gasteiger partial charge in [-0.15, -0.1) is 0 Å². The van der Waals surface area contributed by atoms with E-state index in [4.69, 9.17) is 4.74 Å². The van der Waals surface area contributed by atoms with Gasteiger partial charge in [0.2, 0.25) is 10.0 Å². The third-order valence-electron chi connectivity index (χ3n) is 5.00. The zero-order valence-electron chi connectivity index (χ0n) is 16.3. The number of pyridine rings is 1. The summed E-state index contributed by atoms with van der Waals surface area (Å²) in [6, 6.07) is 7.08. The Morgan fingerprint density at radius 3 is 2.74 bits per heavy atom. The Hall–Kier alpha value is -1.96. The molecule has 1 aliphatic heterocycles. The molecule has 0 amide bonds. The molecule has 1 fully saturated rings. The van der Waals surface area contributed by atoms with Crippen LogP contribution in [0.2, 0.25) is 0 Å². The second-order valence-electron chi connectivity index (χ2n) is 7.14. The molecule has 3 rings (SSSR count). The van der Waals surface area contributed by atoms with E-state index in [9.17, 15) is 8.42 Å². The molecular weight excluding hydrogens is 362 g/mol. The molecule has 0 radical (unpaired) electrons. The first-order chi connectivity index (χ1) is 12.9. The summed E-state index contributed by atoms with van der Waals surface area (Å²) in [6.07, 6.45) is 3.43. The first-order valence-corrected chi connectivity index (χ1v) is 10.6. The van der Waals surface area contributed by atoms with E-state index in [-0.39, 0.29) is 12.0 Å². The van der Waals surface area contributed by atoms with E-state index >= 15 is 0 Å². The molecule has 1 aliphatic rings. The highest BCUT2D eigenvalue weighted by atomic mass is 32.2. The number of sulfonamides is 1. The maximum atomic E-state index is 13.6. The second-order valence-corrected chi connectivity index (χ2v) is 9.00. The van der Waals surface area contributed by atoms with Gasteiger partial charge < -0.3 is 10.1 Å². The first-order valence-electron chi connectivity index (χ1n) is 9.17. The van der Waals surface area contributed by atoms with Gasteiger partial charge in [0.25, 0.3) is 0 Å². The number of piperazine rings is 1. The molecule has 0 spiro atoms. The largest absolute Gasteiger partial charge is 0.496 e. The van der Waals surface area contributed by atoms with E-state index in [1.54, 1.807) is 29.9 Å². The molecule has 2 aromatic rings. The Morgan fingerprint density at radius 2 is 2.11 bits per heavy atom. The van der Waals surface area contributed by atoms with Crippen molar-refractivity contribution in [2.75, 3.05) is 26.7 Å². The summed E-state index contributed by atoms with van der Waals surface area (Å²) in [4.78, 5) is 4.51. The van der Waals surface area contributed by atoms with Crippen molar-refractivity contribution in [3.05, 3.63) is 53.3 Å². The third kappa shape index (κ3) is 3.85. The lowest BCUT2D eigenvalue weighted by molar-refractivity contribution is 0.271. The normalized spacial score (nSPS) is 18.6. The zero-order valence-corrected chi connectivity index (χ0v) is 17.1. The number of methoxy groups -OCH3 is 1. The molecule has 6 nitrogen and oxygen atoms in total. The molecule has 0 saturated carbocycles. The first kappa shape index (κ1) is 19.8. The minimum Gasteiger partial charge on any atom is -0.496 e. The minimum absolute atomic E-state index is 0.159. The Labute approximate surface area is 161 Å². The van der Waals surface area contributed by atoms with Gasteiger partial charge in [0.15, 0.2) is 0 Å². The maximum absolute atomic E-state index is 13.6. The minimum atomic E-state index is -3.66. The summed E-state index contributed by atoms with van der Waals surface area (Å²) in [5.41, 5.74) is 2.48. The van der Waals surface area contributed by atoms with E-state index in [0.717, 1.165) is 16.9 Å². The summed E-state index contributed by atoms with van der Waals surface area (Å²) < 4.78 is 34.3. The fraction of sp³-hybridized carbons (Fsp3) is 0.450. The lowest BCUT2D eigenvalue weighted by Gasteiger charge is -2.35. The molecule has 1 aromatic carbocycles. The van der Waals surface area contributed by atoms with E-state index in [1.165, 1.54) is 0 Å². The van der Waals surface area contributed by atoms with Crippen molar-refractivity contribution in [3.8, 4) is 5.75 Å². The average Bonchev–Trinajstić information content (AvgIpc) is 2.68. The lowest BCUT2D eigenvalue weighted by atomic mass is 10.0. The van der Waals surface area contributed by atoms with Gasteiger partial charge in [0.1, 0.15) is 5.75 Å². The number of nitrogens with zero attached hydrogens (tertiary/aromatic N) is 2. The number of hydrogen-bond donors (Lipinski definition) is 1. The zero-order chi connectivity index (χ0) is 19.6. The van der Waals surface area contributed by atoms with Crippen LogP contribution in [-0.4, -0.2) is 44.5 Å². The monoisotopic (exact) mass is 389 g/mol. The van der Waals surface area contributed by atoms with Crippen LogP contribution in [-0.2, 0) is 10.0 Å². The van der Waals surface area contributed by atoms with Crippen molar-refractivity contribution in [1.29, 1.82) is 0 Å². The van der Waals surface area contributed by atoms with Crippen LogP contribution in [0, 0.1) is 6.92 Å². The molecule has 1 atom stereocenters. The smallest absolute Gasteiger partial charge is 0.243 e. The molecule has 1 aromatic heterocycles. The summed E-state index contributed by atoms with van der Waals surface area (Å²) in [5, 5.41) is 3.30. The van der Waals surface area contributed by atoms with Crippen molar-refractivity contribution >= 4 is 10.0 Å². The van der Waals surface area contributed by atoms with Crippen LogP contribution in [0.1, 0.15) is 42.5 Å². The maximum Gasteiger partial charge on any atom is 0.243 e. The SMILES string of the molecule is COc1cc(C)c(S(=O)(=O)N2CCNCC2c2cccnc2)cc1C(C)C. The predicted molar refractivity (Wildman–Crippen MR) is 106 cm³/mol. The molecule has 7 heteroatoms. The van der Waals surface area contributed by atoms with Crippen LogP contribution < -0.4 is 10.1 Å². The number of aryl methyl sites for hydroxylation is 1. The van der Waals surface area contributed by atoms with Gasteiger partial charge in [0, 0.05) is 32.0 Å². The van der Waals surface area contributed by atoms with Crippen LogP contribution in [0.4, 0.5) is 0 Å². The molecule has 1 N–H and O–H groups in total. The second kappa shape index (κ2) is 7.96. The summed E-state index contributed by atoms with van der Waals surface area (Å²) in [5.74, 6) is 0.886. The van der Waals surface area contributed by atoms with Crippen LogP contribution in [0.25, 0.3) is 0 Å². The van der Waals surface area contributed by atoms with Crippen molar-refractivity contribution in [2.45, 2.75) is 37.6 Å². The Kier molecular flexibility index (Phi) is 5.83. The van der Waals surface area contributed by atoms with E-state index < -0.39 is 10.0 Å². The topological polar surface area (TPSA) is 71.5 Å². The number of hydrogen-bond acceptors (Lipinski definition) is 5. The molecule has 0 aliphatic carbocycles. The lowest BCUT2D eigenvalue weighted by Crippen LogP contribution is -2.48. The van der Waals surface area contributed by atoms with Gasteiger partial charge >= 0.3 is 0 Å². The number of ether oxygens (including phenoxy) is 1. The van der Waals surface area contributed by atoms with E-state index in [0.29, 0.717) is 30.1 Å². The van der Waals surface area contributed by atoms with Crippen molar-refractivity contribution in [3.63, 3.8) is 0 Å². The molecule has 146 valence electrons. The molecule has 1 saturated heterocycles. The van der Waals surface area contributed by atoms with Gasteiger partial charge in [-0.3, -0.25) is 4.98 Å². The summed E-state index contributed by atoms with van der Waals surface area (Å²) in [7, 11) is -2.05. The molecule has 2 heterocycles. The highest BCUT2D eigenvalue weighted by molar-refractivity contribution is 7.89. The van der Waals surface area contributed by atoms with Crippen molar-refractivity contribution in [2.24, 2.45) is 0 Å². The summed E-state index contributed by atoms with van der Waals surface area (Å²) in [6.45, 7) is 7.50. The predicted octanol–water partition coefficient (Wildman–Crippen LogP) is 2.86. The Balaban J connectivity index is 2.08. The standard InChI is InChI=1S/C20H27N3O3S/c1-14(2)17-11-20(15(3)10-19(17)26-4)27(24,25)23-9-8-22-13-18(23)16-6-5-7-21-12-16/h5-7,10-12,14,18,22H,8-9,13H2,1-4H3. The molecule has 1 unspecified atom stereocenters. The van der Waals surface area contributed by atoms with Crippen molar-refractivity contribution in [1.82, 2.24) is 14.6 Å². The van der Waals surface area contributed by atoms with Gasteiger partial charge in [-0.25, -0.2) is 8.42 Å². The van der Waals surface area contributed by atoms with Crippen molar-refractivity contribution < 1.29 is 13.2 Å². The highest BCUT2D eigenvalue weighted by Crippen LogP contribution is 2.35. The van der Waals surface area contributed by atoms with Gasteiger partial charge in [-0.05, 0) is 47.7 Å². The Bertz CT molecular complexity index is 898. The van der Waals surface area contributed by atoms with Crippen LogP contribution in [0.15, 0.2) is 41.6 Å². The number of nitrogens with one attached hydrogen (secondary N) is 1. The third-order valence-corrected chi connectivity index (χ3v) is 7.05. The van der Waals surface area contributed by atoms with Crippen LogP contribution in [0.3, 0.4) is 0 Å². The number of aromatic nitrogens is 1. The molecular formula is C20H27N3O3S. The number of rotatable bonds is 5. The van der Waals surface area contributed by atoms with E-state index in [1.807, 2.05) is 39.0 Å². The average molecular weight is 390 g/mol. The quantitative estimate of drug-likeness (QED) is 0.851. The van der Waals surface area contributed by atoms with Crippen LogP contribution >= 0.6 is 0 Å². The Morgan fingerprint density at radius 1 is 1.33 bits per heavy atom. The molecule has 0 bridgehead atoms. The number of benzene rings is 1. The highest BCUT2D eigenvalue weighted by Gasteiger charge is 2.36. The molecule has 27 heavy (non-hydrogen) atoms. The van der Waals surface area contributed by atoms with E-state index in [2.05, 4.69) is 10.3 Å². The summed E-state index contributed by atoms with van der Waals surface area (Å²) >= 11 is 0.